The molecule has 0 saturated heterocycles. The van der Waals surface area contributed by atoms with Crippen LogP contribution in [0.1, 0.15) is 36.6 Å². The summed E-state index contributed by atoms with van der Waals surface area (Å²) in [6, 6.07) is 21.2. The Balaban J connectivity index is 1.41. The van der Waals surface area contributed by atoms with E-state index in [0.717, 1.165) is 5.56 Å². The highest BCUT2D eigenvalue weighted by molar-refractivity contribution is 6.22. The third-order valence-corrected chi connectivity index (χ3v) is 6.42. The summed E-state index contributed by atoms with van der Waals surface area (Å²) in [4.78, 5) is 56.4. The number of anilines is 1. The first kappa shape index (κ1) is 23.3. The van der Waals surface area contributed by atoms with Gasteiger partial charge in [0, 0.05) is 26.2 Å². The van der Waals surface area contributed by atoms with Gasteiger partial charge in [0.15, 0.2) is 6.10 Å². The molecule has 1 atom stereocenters. The Morgan fingerprint density at radius 3 is 2.36 bits per heavy atom. The number of para-hydroxylation sites is 2. The molecule has 3 aromatic rings. The highest BCUT2D eigenvalue weighted by Crippen LogP contribution is 2.35. The number of likely N-dealkylation sites (N-methyl/N-ethyl adjacent to an activating group) is 1. The van der Waals surface area contributed by atoms with Crippen molar-refractivity contribution in [2.45, 2.75) is 12.5 Å². The van der Waals surface area contributed by atoms with E-state index < -0.39 is 12.0 Å². The molecular weight excluding hydrogens is 458 g/mol. The van der Waals surface area contributed by atoms with Gasteiger partial charge in [-0.3, -0.25) is 24.1 Å². The molecule has 0 unspecified atom stereocenters. The molecule has 0 radical (unpaired) electrons. The molecule has 2 aliphatic rings. The summed E-state index contributed by atoms with van der Waals surface area (Å²) >= 11 is 0. The standard InChI is InChI=1S/C28H25N3O5/c1-29(2)28(35)24-17-31(22-10-6-7-11-23(22)36-24)25(32)19-12-13-20-21(16-19)27(34)30(26(20)33)15-14-18-8-4-3-5-9-18/h3-13,16,24H,14-15,17H2,1-2H3/t24-/m1/s1. The van der Waals surface area contributed by atoms with Gasteiger partial charge in [-0.05, 0) is 42.3 Å². The zero-order chi connectivity index (χ0) is 25.4. The van der Waals surface area contributed by atoms with Gasteiger partial charge in [0.2, 0.25) is 0 Å². The van der Waals surface area contributed by atoms with Crippen LogP contribution in [0.4, 0.5) is 5.69 Å². The van der Waals surface area contributed by atoms with Gasteiger partial charge in [-0.2, -0.15) is 0 Å². The second-order valence-electron chi connectivity index (χ2n) is 8.98. The molecule has 0 N–H and O–H groups in total. The van der Waals surface area contributed by atoms with E-state index >= 15 is 0 Å². The fourth-order valence-electron chi connectivity index (χ4n) is 4.51. The number of carbonyl (C=O) groups excluding carboxylic acids is 4. The van der Waals surface area contributed by atoms with E-state index in [9.17, 15) is 19.2 Å². The minimum Gasteiger partial charge on any atom is -0.476 e. The minimum absolute atomic E-state index is 0.0278. The van der Waals surface area contributed by atoms with Crippen molar-refractivity contribution in [1.29, 1.82) is 0 Å². The molecule has 8 heteroatoms. The summed E-state index contributed by atoms with van der Waals surface area (Å²) in [5.41, 5.74) is 2.32. The Morgan fingerprint density at radius 1 is 0.917 bits per heavy atom. The number of benzene rings is 3. The summed E-state index contributed by atoms with van der Waals surface area (Å²) in [5, 5.41) is 0. The van der Waals surface area contributed by atoms with Crippen molar-refractivity contribution in [3.8, 4) is 5.75 Å². The first-order valence-electron chi connectivity index (χ1n) is 11.7. The minimum atomic E-state index is -0.857. The molecule has 0 spiro atoms. The Morgan fingerprint density at radius 2 is 1.61 bits per heavy atom. The summed E-state index contributed by atoms with van der Waals surface area (Å²) in [6.07, 6.45) is -0.311. The van der Waals surface area contributed by atoms with Crippen molar-refractivity contribution in [2.24, 2.45) is 0 Å². The van der Waals surface area contributed by atoms with E-state index in [0.29, 0.717) is 17.9 Å². The van der Waals surface area contributed by atoms with Crippen LogP contribution < -0.4 is 9.64 Å². The van der Waals surface area contributed by atoms with Crippen LogP contribution in [0.2, 0.25) is 0 Å². The molecule has 8 nitrogen and oxygen atoms in total. The van der Waals surface area contributed by atoms with E-state index in [4.69, 9.17) is 4.74 Å². The summed E-state index contributed by atoms with van der Waals surface area (Å²) in [5.74, 6) is -0.988. The average molecular weight is 484 g/mol. The van der Waals surface area contributed by atoms with Gasteiger partial charge >= 0.3 is 0 Å². The van der Waals surface area contributed by atoms with Gasteiger partial charge in [0.25, 0.3) is 23.6 Å². The maximum atomic E-state index is 13.6. The predicted octanol–water partition coefficient (Wildman–Crippen LogP) is 3.02. The molecule has 0 saturated carbocycles. The number of nitrogens with zero attached hydrogens (tertiary/aromatic N) is 3. The van der Waals surface area contributed by atoms with Gasteiger partial charge in [-0.15, -0.1) is 0 Å². The first-order chi connectivity index (χ1) is 17.3. The van der Waals surface area contributed by atoms with Crippen molar-refractivity contribution >= 4 is 29.3 Å². The molecular formula is C28H25N3O5. The molecule has 2 heterocycles. The fourth-order valence-corrected chi connectivity index (χ4v) is 4.51. The second-order valence-corrected chi connectivity index (χ2v) is 8.98. The average Bonchev–Trinajstić information content (AvgIpc) is 3.14. The van der Waals surface area contributed by atoms with Gasteiger partial charge in [-0.25, -0.2) is 0 Å². The van der Waals surface area contributed by atoms with Crippen molar-refractivity contribution in [2.75, 3.05) is 32.1 Å². The lowest BCUT2D eigenvalue weighted by Crippen LogP contribution is -2.50. The molecule has 0 aromatic heterocycles. The number of imide groups is 1. The monoisotopic (exact) mass is 483 g/mol. The number of carbonyl (C=O) groups is 4. The Kier molecular flexibility index (Phi) is 6.01. The smallest absolute Gasteiger partial charge is 0.265 e. The maximum absolute atomic E-state index is 13.6. The number of ether oxygens (including phenoxy) is 1. The maximum Gasteiger partial charge on any atom is 0.265 e. The molecule has 0 aliphatic carbocycles. The van der Waals surface area contributed by atoms with Crippen LogP contribution in [0.25, 0.3) is 0 Å². The van der Waals surface area contributed by atoms with Gasteiger partial charge in [-0.1, -0.05) is 42.5 Å². The molecule has 0 bridgehead atoms. The van der Waals surface area contributed by atoms with Crippen LogP contribution in [0.15, 0.2) is 72.8 Å². The zero-order valence-electron chi connectivity index (χ0n) is 20.0. The van der Waals surface area contributed by atoms with Crippen molar-refractivity contribution in [3.05, 3.63) is 95.1 Å². The molecule has 3 aromatic carbocycles. The van der Waals surface area contributed by atoms with Crippen LogP contribution in [0.3, 0.4) is 0 Å². The number of hydrogen-bond acceptors (Lipinski definition) is 5. The molecule has 0 fully saturated rings. The van der Waals surface area contributed by atoms with Crippen molar-refractivity contribution < 1.29 is 23.9 Å². The zero-order valence-corrected chi connectivity index (χ0v) is 20.0. The quantitative estimate of drug-likeness (QED) is 0.521. The van der Waals surface area contributed by atoms with Gasteiger partial charge in [0.1, 0.15) is 5.75 Å². The van der Waals surface area contributed by atoms with Gasteiger partial charge in [0.05, 0.1) is 23.4 Å². The van der Waals surface area contributed by atoms with Crippen LogP contribution in [0, 0.1) is 0 Å². The number of amides is 4. The number of fused-ring (bicyclic) bond motifs is 2. The highest BCUT2D eigenvalue weighted by Gasteiger charge is 2.38. The van der Waals surface area contributed by atoms with Crippen LogP contribution in [-0.2, 0) is 11.2 Å². The lowest BCUT2D eigenvalue weighted by Gasteiger charge is -2.35. The lowest BCUT2D eigenvalue weighted by atomic mass is 10.0. The molecule has 2 aliphatic heterocycles. The van der Waals surface area contributed by atoms with E-state index in [2.05, 4.69) is 0 Å². The van der Waals surface area contributed by atoms with E-state index in [1.54, 1.807) is 44.4 Å². The molecule has 5 rings (SSSR count). The van der Waals surface area contributed by atoms with Gasteiger partial charge < -0.3 is 14.5 Å². The van der Waals surface area contributed by atoms with E-state index in [1.165, 1.54) is 26.8 Å². The highest BCUT2D eigenvalue weighted by atomic mass is 16.5. The van der Waals surface area contributed by atoms with Crippen LogP contribution >= 0.6 is 0 Å². The Hall–Kier alpha value is -4.46. The molecule has 182 valence electrons. The van der Waals surface area contributed by atoms with Crippen molar-refractivity contribution in [3.63, 3.8) is 0 Å². The third kappa shape index (κ3) is 4.11. The SMILES string of the molecule is CN(C)C(=O)[C@H]1CN(C(=O)c2ccc3c(c2)C(=O)N(CCc2ccccc2)C3=O)c2ccccc2O1. The fraction of sp³-hybridized carbons (Fsp3) is 0.214. The summed E-state index contributed by atoms with van der Waals surface area (Å²) < 4.78 is 5.86. The summed E-state index contributed by atoms with van der Waals surface area (Å²) in [6.45, 7) is 0.283. The van der Waals surface area contributed by atoms with Crippen LogP contribution in [-0.4, -0.2) is 66.7 Å². The van der Waals surface area contributed by atoms with E-state index in [1.807, 2.05) is 30.3 Å². The largest absolute Gasteiger partial charge is 0.476 e. The first-order valence-corrected chi connectivity index (χ1v) is 11.7. The number of hydrogen-bond donors (Lipinski definition) is 0. The topological polar surface area (TPSA) is 87.2 Å². The normalized spacial score (nSPS) is 16.3. The van der Waals surface area contributed by atoms with E-state index in [-0.39, 0.29) is 47.5 Å². The third-order valence-electron chi connectivity index (χ3n) is 6.42. The van der Waals surface area contributed by atoms with Crippen LogP contribution in [0.5, 0.6) is 5.75 Å². The Labute approximate surface area is 208 Å². The number of rotatable bonds is 5. The Bertz CT molecular complexity index is 1370. The predicted molar refractivity (Wildman–Crippen MR) is 133 cm³/mol. The lowest BCUT2D eigenvalue weighted by molar-refractivity contribution is -0.135. The van der Waals surface area contributed by atoms with Crippen molar-refractivity contribution in [1.82, 2.24) is 9.80 Å². The second kappa shape index (κ2) is 9.30. The summed E-state index contributed by atoms with van der Waals surface area (Å²) in [7, 11) is 3.26. The molecule has 36 heavy (non-hydrogen) atoms. The molecule has 4 amide bonds.